The van der Waals surface area contributed by atoms with E-state index in [0.29, 0.717) is 11.2 Å². The number of nitrogens with zero attached hydrogens (tertiary/aromatic N) is 1. The van der Waals surface area contributed by atoms with Crippen molar-refractivity contribution in [3.05, 3.63) is 40.7 Å². The number of nitrogens with two attached hydrogens (primary N) is 1. The van der Waals surface area contributed by atoms with Gasteiger partial charge in [0.2, 0.25) is 0 Å². The Bertz CT molecular complexity index is 662. The van der Waals surface area contributed by atoms with Crippen molar-refractivity contribution in [3.63, 3.8) is 0 Å². The van der Waals surface area contributed by atoms with Gasteiger partial charge in [0.15, 0.2) is 0 Å². The molecule has 0 bridgehead atoms. The Morgan fingerprint density at radius 3 is 2.68 bits per heavy atom. The second-order valence-electron chi connectivity index (χ2n) is 5.75. The van der Waals surface area contributed by atoms with E-state index in [-0.39, 0.29) is 5.56 Å². The molecule has 1 aromatic heterocycles. The lowest BCUT2D eigenvalue weighted by Crippen LogP contribution is -2.38. The SMILES string of the molecule is CCC1(Cn2c(N)cc3ccccc3c2=O)CCC1. The summed E-state index contributed by atoms with van der Waals surface area (Å²) in [5, 5.41) is 1.70. The minimum absolute atomic E-state index is 0.0512. The number of anilines is 1. The summed E-state index contributed by atoms with van der Waals surface area (Å²) in [5.74, 6) is 0.587. The first-order valence-electron chi connectivity index (χ1n) is 7.03. The van der Waals surface area contributed by atoms with Crippen molar-refractivity contribution < 1.29 is 0 Å². The maximum atomic E-state index is 12.6. The van der Waals surface area contributed by atoms with Crippen LogP contribution in [0.5, 0.6) is 0 Å². The first kappa shape index (κ1) is 12.3. The fourth-order valence-corrected chi connectivity index (χ4v) is 3.12. The number of benzene rings is 1. The Balaban J connectivity index is 2.11. The molecule has 1 saturated carbocycles. The molecule has 2 N–H and O–H groups in total. The van der Waals surface area contributed by atoms with E-state index < -0.39 is 0 Å². The molecule has 19 heavy (non-hydrogen) atoms. The number of nitrogen functional groups attached to an aromatic ring is 1. The molecule has 0 aliphatic heterocycles. The molecule has 100 valence electrons. The highest BCUT2D eigenvalue weighted by atomic mass is 16.1. The summed E-state index contributed by atoms with van der Waals surface area (Å²) in [6, 6.07) is 9.58. The zero-order chi connectivity index (χ0) is 13.5. The normalized spacial score (nSPS) is 17.3. The lowest BCUT2D eigenvalue weighted by atomic mass is 9.67. The van der Waals surface area contributed by atoms with Crippen molar-refractivity contribution in [1.82, 2.24) is 4.57 Å². The van der Waals surface area contributed by atoms with Crippen molar-refractivity contribution in [2.75, 3.05) is 5.73 Å². The number of fused-ring (bicyclic) bond motifs is 1. The van der Waals surface area contributed by atoms with Gasteiger partial charge in [-0.05, 0) is 42.2 Å². The predicted molar refractivity (Wildman–Crippen MR) is 79.2 cm³/mol. The number of aromatic nitrogens is 1. The van der Waals surface area contributed by atoms with E-state index in [9.17, 15) is 4.79 Å². The van der Waals surface area contributed by atoms with Crippen LogP contribution in [0.15, 0.2) is 35.1 Å². The second-order valence-corrected chi connectivity index (χ2v) is 5.75. The molecule has 0 amide bonds. The van der Waals surface area contributed by atoms with Gasteiger partial charge in [0.1, 0.15) is 5.82 Å². The van der Waals surface area contributed by atoms with Crippen LogP contribution in [0.3, 0.4) is 0 Å². The average molecular weight is 256 g/mol. The lowest BCUT2D eigenvalue weighted by Gasteiger charge is -2.42. The third-order valence-electron chi connectivity index (χ3n) is 4.71. The molecule has 3 rings (SSSR count). The third kappa shape index (κ3) is 1.93. The summed E-state index contributed by atoms with van der Waals surface area (Å²) in [6.07, 6.45) is 4.81. The highest BCUT2D eigenvalue weighted by Crippen LogP contribution is 2.45. The van der Waals surface area contributed by atoms with Gasteiger partial charge < -0.3 is 5.73 Å². The van der Waals surface area contributed by atoms with Crippen LogP contribution >= 0.6 is 0 Å². The van der Waals surface area contributed by atoms with Gasteiger partial charge in [0.25, 0.3) is 5.56 Å². The van der Waals surface area contributed by atoms with Gasteiger partial charge in [-0.3, -0.25) is 9.36 Å². The second kappa shape index (κ2) is 4.41. The van der Waals surface area contributed by atoms with E-state index in [1.807, 2.05) is 30.3 Å². The Labute approximate surface area is 113 Å². The fraction of sp³-hybridized carbons (Fsp3) is 0.438. The van der Waals surface area contributed by atoms with Crippen LogP contribution < -0.4 is 11.3 Å². The van der Waals surface area contributed by atoms with Gasteiger partial charge in [-0.25, -0.2) is 0 Å². The molecule has 2 aromatic rings. The molecule has 1 aliphatic rings. The van der Waals surface area contributed by atoms with Crippen molar-refractivity contribution in [2.45, 2.75) is 39.2 Å². The molecule has 0 atom stereocenters. The summed E-state index contributed by atoms with van der Waals surface area (Å²) in [4.78, 5) is 12.6. The summed E-state index contributed by atoms with van der Waals surface area (Å²) >= 11 is 0. The van der Waals surface area contributed by atoms with Gasteiger partial charge >= 0.3 is 0 Å². The van der Waals surface area contributed by atoms with Crippen molar-refractivity contribution in [2.24, 2.45) is 5.41 Å². The van der Waals surface area contributed by atoms with Crippen LogP contribution in [-0.2, 0) is 6.54 Å². The van der Waals surface area contributed by atoms with Crippen molar-refractivity contribution in [3.8, 4) is 0 Å². The van der Waals surface area contributed by atoms with Crippen LogP contribution in [0.2, 0.25) is 0 Å². The maximum absolute atomic E-state index is 12.6. The van der Waals surface area contributed by atoms with Gasteiger partial charge in [0, 0.05) is 11.9 Å². The summed E-state index contributed by atoms with van der Waals surface area (Å²) < 4.78 is 1.77. The van der Waals surface area contributed by atoms with Gasteiger partial charge in [-0.1, -0.05) is 31.5 Å². The molecule has 1 heterocycles. The molecule has 3 heteroatoms. The van der Waals surface area contributed by atoms with E-state index in [2.05, 4.69) is 6.92 Å². The summed E-state index contributed by atoms with van der Waals surface area (Å²) in [5.41, 5.74) is 6.43. The van der Waals surface area contributed by atoms with E-state index >= 15 is 0 Å². The molecule has 1 aliphatic carbocycles. The lowest BCUT2D eigenvalue weighted by molar-refractivity contribution is 0.1000. The molecule has 0 unspecified atom stereocenters. The molecule has 1 aromatic carbocycles. The highest BCUT2D eigenvalue weighted by Gasteiger charge is 2.36. The third-order valence-corrected chi connectivity index (χ3v) is 4.71. The number of hydrogen-bond donors (Lipinski definition) is 1. The van der Waals surface area contributed by atoms with E-state index in [1.54, 1.807) is 4.57 Å². The van der Waals surface area contributed by atoms with Crippen molar-refractivity contribution >= 4 is 16.6 Å². The number of pyridine rings is 1. The minimum atomic E-state index is 0.0512. The van der Waals surface area contributed by atoms with E-state index in [1.165, 1.54) is 19.3 Å². The van der Waals surface area contributed by atoms with Crippen molar-refractivity contribution in [1.29, 1.82) is 0 Å². The first-order valence-corrected chi connectivity index (χ1v) is 7.03. The van der Waals surface area contributed by atoms with Crippen LogP contribution in [0, 0.1) is 5.41 Å². The van der Waals surface area contributed by atoms with Gasteiger partial charge in [0.05, 0.1) is 0 Å². The summed E-state index contributed by atoms with van der Waals surface area (Å²) in [7, 11) is 0. The standard InChI is InChI=1S/C16H20N2O/c1-2-16(8-5-9-16)11-18-14(17)10-12-6-3-4-7-13(12)15(18)19/h3-4,6-7,10H,2,5,8-9,11,17H2,1H3. The van der Waals surface area contributed by atoms with Crippen LogP contribution in [-0.4, -0.2) is 4.57 Å². The molecule has 0 saturated heterocycles. The Morgan fingerprint density at radius 1 is 1.32 bits per heavy atom. The largest absolute Gasteiger partial charge is 0.385 e. The Hall–Kier alpha value is -1.77. The minimum Gasteiger partial charge on any atom is -0.385 e. The zero-order valence-electron chi connectivity index (χ0n) is 11.4. The van der Waals surface area contributed by atoms with Gasteiger partial charge in [-0.15, -0.1) is 0 Å². The molecule has 0 spiro atoms. The topological polar surface area (TPSA) is 48.0 Å². The summed E-state index contributed by atoms with van der Waals surface area (Å²) in [6.45, 7) is 2.97. The number of rotatable bonds is 3. The fourth-order valence-electron chi connectivity index (χ4n) is 3.12. The van der Waals surface area contributed by atoms with E-state index in [0.717, 1.165) is 23.7 Å². The molecular formula is C16H20N2O. The van der Waals surface area contributed by atoms with Crippen LogP contribution in [0.25, 0.3) is 10.8 Å². The first-order chi connectivity index (χ1) is 9.15. The molecular weight excluding hydrogens is 236 g/mol. The van der Waals surface area contributed by atoms with Gasteiger partial charge in [-0.2, -0.15) is 0 Å². The molecule has 0 radical (unpaired) electrons. The highest BCUT2D eigenvalue weighted by molar-refractivity contribution is 5.83. The predicted octanol–water partition coefficient (Wildman–Crippen LogP) is 3.16. The Morgan fingerprint density at radius 2 is 2.05 bits per heavy atom. The number of hydrogen-bond acceptors (Lipinski definition) is 2. The smallest absolute Gasteiger partial charge is 0.259 e. The monoisotopic (exact) mass is 256 g/mol. The maximum Gasteiger partial charge on any atom is 0.259 e. The Kier molecular flexibility index (Phi) is 2.85. The average Bonchev–Trinajstić information content (AvgIpc) is 2.37. The quantitative estimate of drug-likeness (QED) is 0.917. The van der Waals surface area contributed by atoms with Crippen LogP contribution in [0.1, 0.15) is 32.6 Å². The molecule has 1 fully saturated rings. The molecule has 3 nitrogen and oxygen atoms in total. The zero-order valence-corrected chi connectivity index (χ0v) is 11.4. The van der Waals surface area contributed by atoms with E-state index in [4.69, 9.17) is 5.73 Å². The van der Waals surface area contributed by atoms with Crippen LogP contribution in [0.4, 0.5) is 5.82 Å².